The van der Waals surface area contributed by atoms with Gasteiger partial charge in [-0.05, 0) is 38.5 Å². The van der Waals surface area contributed by atoms with E-state index in [9.17, 15) is 5.11 Å². The summed E-state index contributed by atoms with van der Waals surface area (Å²) in [5.41, 5.74) is 5.16. The van der Waals surface area contributed by atoms with E-state index in [4.69, 9.17) is 10.5 Å². The van der Waals surface area contributed by atoms with Crippen molar-refractivity contribution in [3.8, 4) is 0 Å². The van der Waals surface area contributed by atoms with Crippen LogP contribution in [0, 0.1) is 5.92 Å². The molecule has 0 aromatic heterocycles. The normalized spacial score (nSPS) is 31.6. The average molecular weight is 215 g/mol. The maximum Gasteiger partial charge on any atom is 0.0875 e. The minimum absolute atomic E-state index is 0.217. The molecule has 0 aromatic carbocycles. The molecular weight excluding hydrogens is 190 g/mol. The highest BCUT2D eigenvalue weighted by Gasteiger charge is 2.28. The molecule has 3 unspecified atom stereocenters. The smallest absolute Gasteiger partial charge is 0.0875 e. The van der Waals surface area contributed by atoms with Gasteiger partial charge in [-0.2, -0.15) is 0 Å². The van der Waals surface area contributed by atoms with Gasteiger partial charge in [0.15, 0.2) is 0 Å². The number of hydrogen-bond acceptors (Lipinski definition) is 3. The molecule has 1 saturated carbocycles. The van der Waals surface area contributed by atoms with Gasteiger partial charge in [0.1, 0.15) is 0 Å². The molecule has 0 spiro atoms. The molecule has 3 nitrogen and oxygen atoms in total. The van der Waals surface area contributed by atoms with Crippen LogP contribution in [0.15, 0.2) is 0 Å². The molecule has 15 heavy (non-hydrogen) atoms. The molecule has 3 N–H and O–H groups in total. The van der Waals surface area contributed by atoms with Gasteiger partial charge in [0.05, 0.1) is 18.3 Å². The second kappa shape index (κ2) is 5.28. The van der Waals surface area contributed by atoms with Gasteiger partial charge < -0.3 is 15.6 Å². The van der Waals surface area contributed by atoms with Gasteiger partial charge >= 0.3 is 0 Å². The van der Waals surface area contributed by atoms with Crippen LogP contribution < -0.4 is 5.73 Å². The largest absolute Gasteiger partial charge is 0.388 e. The highest BCUT2D eigenvalue weighted by Crippen LogP contribution is 2.23. The SMILES string of the molecule is CC(C)C(C)(O)COC1CCCC(N)C1. The highest BCUT2D eigenvalue weighted by molar-refractivity contribution is 4.79. The molecule has 1 rings (SSSR count). The number of nitrogens with two attached hydrogens (primary N) is 1. The third kappa shape index (κ3) is 4.09. The van der Waals surface area contributed by atoms with Crippen LogP contribution in [0.25, 0.3) is 0 Å². The lowest BCUT2D eigenvalue weighted by molar-refractivity contribution is -0.0943. The molecule has 0 aromatic rings. The summed E-state index contributed by atoms with van der Waals surface area (Å²) in [6.07, 6.45) is 4.53. The molecule has 1 aliphatic carbocycles. The van der Waals surface area contributed by atoms with Gasteiger partial charge in [-0.25, -0.2) is 0 Å². The van der Waals surface area contributed by atoms with E-state index in [0.717, 1.165) is 25.7 Å². The van der Waals surface area contributed by atoms with Crippen LogP contribution in [-0.2, 0) is 4.74 Å². The van der Waals surface area contributed by atoms with Crippen molar-refractivity contribution in [2.75, 3.05) is 6.61 Å². The van der Waals surface area contributed by atoms with Gasteiger partial charge in [-0.1, -0.05) is 13.8 Å². The molecule has 1 fully saturated rings. The van der Waals surface area contributed by atoms with Crippen molar-refractivity contribution >= 4 is 0 Å². The zero-order valence-electron chi connectivity index (χ0n) is 10.2. The Morgan fingerprint density at radius 1 is 1.47 bits per heavy atom. The van der Waals surface area contributed by atoms with E-state index >= 15 is 0 Å². The summed E-state index contributed by atoms with van der Waals surface area (Å²) >= 11 is 0. The molecular formula is C12H25NO2. The second-order valence-electron chi connectivity index (χ2n) is 5.37. The average Bonchev–Trinajstić information content (AvgIpc) is 2.15. The molecule has 0 heterocycles. The Kier molecular flexibility index (Phi) is 4.56. The van der Waals surface area contributed by atoms with Crippen molar-refractivity contribution < 1.29 is 9.84 Å². The summed E-state index contributed by atoms with van der Waals surface area (Å²) in [7, 11) is 0. The molecule has 3 heteroatoms. The number of ether oxygens (including phenoxy) is 1. The number of rotatable bonds is 4. The lowest BCUT2D eigenvalue weighted by atomic mass is 9.92. The van der Waals surface area contributed by atoms with Crippen molar-refractivity contribution in [1.82, 2.24) is 0 Å². The third-order valence-corrected chi connectivity index (χ3v) is 3.52. The standard InChI is InChI=1S/C12H25NO2/c1-9(2)12(3,14)8-15-11-6-4-5-10(13)7-11/h9-11,14H,4-8,13H2,1-3H3. The molecule has 0 amide bonds. The predicted octanol–water partition coefficient (Wildman–Crippen LogP) is 1.68. The first-order valence-electron chi connectivity index (χ1n) is 6.01. The van der Waals surface area contributed by atoms with E-state index < -0.39 is 5.60 Å². The van der Waals surface area contributed by atoms with Crippen LogP contribution in [0.5, 0.6) is 0 Å². The van der Waals surface area contributed by atoms with Crippen molar-refractivity contribution in [2.45, 2.75) is 64.2 Å². The number of hydrogen-bond donors (Lipinski definition) is 2. The summed E-state index contributed by atoms with van der Waals surface area (Å²) < 4.78 is 5.75. The molecule has 0 saturated heterocycles. The van der Waals surface area contributed by atoms with Crippen LogP contribution in [-0.4, -0.2) is 29.5 Å². The van der Waals surface area contributed by atoms with E-state index in [2.05, 4.69) is 0 Å². The number of aliphatic hydroxyl groups is 1. The first kappa shape index (κ1) is 12.9. The highest BCUT2D eigenvalue weighted by atomic mass is 16.5. The fourth-order valence-electron chi connectivity index (χ4n) is 1.79. The molecule has 0 aliphatic heterocycles. The van der Waals surface area contributed by atoms with Gasteiger partial charge in [-0.3, -0.25) is 0 Å². The molecule has 0 bridgehead atoms. The van der Waals surface area contributed by atoms with Crippen LogP contribution in [0.3, 0.4) is 0 Å². The van der Waals surface area contributed by atoms with Crippen molar-refractivity contribution in [2.24, 2.45) is 11.7 Å². The van der Waals surface area contributed by atoms with E-state index in [0.29, 0.717) is 6.61 Å². The van der Waals surface area contributed by atoms with Crippen molar-refractivity contribution in [3.63, 3.8) is 0 Å². The Labute approximate surface area is 93.0 Å². The van der Waals surface area contributed by atoms with Gasteiger partial charge in [0.25, 0.3) is 0 Å². The molecule has 90 valence electrons. The van der Waals surface area contributed by atoms with E-state index in [-0.39, 0.29) is 18.1 Å². The summed E-state index contributed by atoms with van der Waals surface area (Å²) in [6.45, 7) is 6.27. The zero-order valence-corrected chi connectivity index (χ0v) is 10.2. The van der Waals surface area contributed by atoms with E-state index in [1.807, 2.05) is 20.8 Å². The zero-order chi connectivity index (χ0) is 11.5. The first-order chi connectivity index (χ1) is 6.92. The summed E-state index contributed by atoms with van der Waals surface area (Å²) in [5, 5.41) is 10.0. The monoisotopic (exact) mass is 215 g/mol. The van der Waals surface area contributed by atoms with Crippen molar-refractivity contribution in [3.05, 3.63) is 0 Å². The maximum absolute atomic E-state index is 10.0. The predicted molar refractivity (Wildman–Crippen MR) is 61.6 cm³/mol. The fourth-order valence-corrected chi connectivity index (χ4v) is 1.79. The lowest BCUT2D eigenvalue weighted by Crippen LogP contribution is -2.40. The van der Waals surface area contributed by atoms with E-state index in [1.54, 1.807) is 0 Å². The maximum atomic E-state index is 10.0. The Morgan fingerprint density at radius 2 is 2.13 bits per heavy atom. The topological polar surface area (TPSA) is 55.5 Å². The fraction of sp³-hybridized carbons (Fsp3) is 1.00. The first-order valence-corrected chi connectivity index (χ1v) is 6.01. The summed E-state index contributed by atoms with van der Waals surface area (Å²) in [5.74, 6) is 0.217. The van der Waals surface area contributed by atoms with Gasteiger partial charge in [0.2, 0.25) is 0 Å². The Bertz CT molecular complexity index is 192. The Hall–Kier alpha value is -0.120. The minimum atomic E-state index is -0.721. The van der Waals surface area contributed by atoms with Crippen LogP contribution >= 0.6 is 0 Å². The summed E-state index contributed by atoms with van der Waals surface area (Å²) in [6, 6.07) is 0.285. The lowest BCUT2D eigenvalue weighted by Gasteiger charge is -2.32. The molecule has 0 radical (unpaired) electrons. The third-order valence-electron chi connectivity index (χ3n) is 3.52. The second-order valence-corrected chi connectivity index (χ2v) is 5.37. The van der Waals surface area contributed by atoms with Crippen LogP contribution in [0.2, 0.25) is 0 Å². The van der Waals surface area contributed by atoms with Crippen molar-refractivity contribution in [1.29, 1.82) is 0 Å². The van der Waals surface area contributed by atoms with Crippen LogP contribution in [0.4, 0.5) is 0 Å². The minimum Gasteiger partial charge on any atom is -0.388 e. The van der Waals surface area contributed by atoms with Gasteiger partial charge in [0, 0.05) is 6.04 Å². The molecule has 3 atom stereocenters. The quantitative estimate of drug-likeness (QED) is 0.750. The van der Waals surface area contributed by atoms with E-state index in [1.165, 1.54) is 0 Å². The Morgan fingerprint density at radius 3 is 2.67 bits per heavy atom. The summed E-state index contributed by atoms with van der Waals surface area (Å²) in [4.78, 5) is 0. The molecule has 1 aliphatic rings. The van der Waals surface area contributed by atoms with Crippen LogP contribution in [0.1, 0.15) is 46.5 Å². The Balaban J connectivity index is 2.30. The van der Waals surface area contributed by atoms with Gasteiger partial charge in [-0.15, -0.1) is 0 Å².